The van der Waals surface area contributed by atoms with Crippen LogP contribution in [0.2, 0.25) is 0 Å². The molecule has 0 spiro atoms. The van der Waals surface area contributed by atoms with Crippen molar-refractivity contribution in [2.24, 2.45) is 0 Å². The van der Waals surface area contributed by atoms with Crippen LogP contribution in [0.15, 0.2) is 0 Å². The molecule has 0 aromatic carbocycles. The van der Waals surface area contributed by atoms with Crippen LogP contribution in [0.3, 0.4) is 0 Å². The van der Waals surface area contributed by atoms with Gasteiger partial charge >= 0.3 is 0 Å². The van der Waals surface area contributed by atoms with Crippen LogP contribution in [0.5, 0.6) is 0 Å². The highest BCUT2D eigenvalue weighted by molar-refractivity contribution is 4.64. The summed E-state index contributed by atoms with van der Waals surface area (Å²) in [6.07, 6.45) is 9.82. The lowest BCUT2D eigenvalue weighted by Crippen LogP contribution is -2.54. The van der Waals surface area contributed by atoms with Crippen molar-refractivity contribution in [2.45, 2.75) is 71.3 Å². The molecule has 0 bridgehead atoms. The maximum atomic E-state index is 12.6. The van der Waals surface area contributed by atoms with Gasteiger partial charge < -0.3 is 14.6 Å². The molecule has 0 N–H and O–H groups in total. The normalized spacial score (nSPS) is 28.5. The summed E-state index contributed by atoms with van der Waals surface area (Å²) in [7, 11) is 0. The van der Waals surface area contributed by atoms with Crippen LogP contribution in [-0.4, -0.2) is 37.0 Å². The molecule has 0 aromatic rings. The van der Waals surface area contributed by atoms with Gasteiger partial charge in [-0.3, -0.25) is 0 Å². The molecule has 1 saturated heterocycles. The zero-order valence-electron chi connectivity index (χ0n) is 12.3. The Morgan fingerprint density at radius 2 is 1.78 bits per heavy atom. The molecule has 108 valence electrons. The van der Waals surface area contributed by atoms with Crippen molar-refractivity contribution in [1.82, 2.24) is 0 Å². The summed E-state index contributed by atoms with van der Waals surface area (Å²) in [6, 6.07) is 0. The SMILES string of the molecule is CCCCCCC1C[N+]([O-])(CCCCC)CCO1. The van der Waals surface area contributed by atoms with E-state index in [1.807, 2.05) is 0 Å². The Hall–Kier alpha value is -0.120. The summed E-state index contributed by atoms with van der Waals surface area (Å²) in [5.41, 5.74) is 0. The molecule has 0 aliphatic carbocycles. The molecule has 1 aliphatic heterocycles. The van der Waals surface area contributed by atoms with Crippen molar-refractivity contribution in [2.75, 3.05) is 26.2 Å². The summed E-state index contributed by atoms with van der Waals surface area (Å²) in [5, 5.41) is 12.6. The van der Waals surface area contributed by atoms with E-state index >= 15 is 0 Å². The van der Waals surface area contributed by atoms with Gasteiger partial charge in [0.2, 0.25) is 0 Å². The predicted octanol–water partition coefficient (Wildman–Crippen LogP) is 3.86. The first-order chi connectivity index (χ1) is 8.70. The van der Waals surface area contributed by atoms with E-state index < -0.39 is 0 Å². The van der Waals surface area contributed by atoms with Crippen molar-refractivity contribution in [1.29, 1.82) is 0 Å². The molecular formula is C15H31NO2. The second-order valence-electron chi connectivity index (χ2n) is 5.74. The number of hydrogen-bond donors (Lipinski definition) is 0. The molecular weight excluding hydrogens is 226 g/mol. The molecule has 3 nitrogen and oxygen atoms in total. The first kappa shape index (κ1) is 15.9. The number of unbranched alkanes of at least 4 members (excludes halogenated alkanes) is 5. The quantitative estimate of drug-likeness (QED) is 0.357. The van der Waals surface area contributed by atoms with Crippen LogP contribution in [0.4, 0.5) is 0 Å². The highest BCUT2D eigenvalue weighted by Crippen LogP contribution is 2.19. The number of ether oxygens (including phenoxy) is 1. The lowest BCUT2D eigenvalue weighted by atomic mass is 10.1. The molecule has 2 unspecified atom stereocenters. The minimum Gasteiger partial charge on any atom is -0.633 e. The second kappa shape index (κ2) is 8.89. The Bertz CT molecular complexity index is 211. The minimum atomic E-state index is -0.00154. The molecule has 1 aliphatic rings. The van der Waals surface area contributed by atoms with Crippen molar-refractivity contribution >= 4 is 0 Å². The Labute approximate surface area is 113 Å². The number of morpholine rings is 1. The topological polar surface area (TPSA) is 32.3 Å². The lowest BCUT2D eigenvalue weighted by molar-refractivity contribution is -0.892. The number of nitrogens with zero attached hydrogens (tertiary/aromatic N) is 1. The smallest absolute Gasteiger partial charge is 0.107 e. The summed E-state index contributed by atoms with van der Waals surface area (Å²) < 4.78 is 5.74. The van der Waals surface area contributed by atoms with Gasteiger partial charge in [-0.15, -0.1) is 0 Å². The van der Waals surface area contributed by atoms with Gasteiger partial charge in [0, 0.05) is 0 Å². The Kier molecular flexibility index (Phi) is 7.87. The Balaban J connectivity index is 2.21. The number of quaternary nitrogens is 1. The fourth-order valence-corrected chi connectivity index (χ4v) is 2.73. The third kappa shape index (κ3) is 6.17. The molecule has 1 heterocycles. The number of rotatable bonds is 9. The predicted molar refractivity (Wildman–Crippen MR) is 76.3 cm³/mol. The van der Waals surface area contributed by atoms with Crippen LogP contribution in [0, 0.1) is 5.21 Å². The standard InChI is InChI=1S/C15H31NO2/c1-3-5-7-8-10-15-14-16(17,12-13-18-15)11-9-6-4-2/h15H,3-14H2,1-2H3. The van der Waals surface area contributed by atoms with Crippen LogP contribution < -0.4 is 0 Å². The van der Waals surface area contributed by atoms with Crippen molar-refractivity contribution in [3.8, 4) is 0 Å². The maximum Gasteiger partial charge on any atom is 0.107 e. The summed E-state index contributed by atoms with van der Waals surface area (Å²) in [4.78, 5) is 0. The average molecular weight is 257 g/mol. The minimum absolute atomic E-state index is 0.00154. The summed E-state index contributed by atoms with van der Waals surface area (Å²) in [6.45, 7) is 7.22. The van der Waals surface area contributed by atoms with E-state index in [9.17, 15) is 5.21 Å². The van der Waals surface area contributed by atoms with Gasteiger partial charge in [0.1, 0.15) is 19.2 Å². The highest BCUT2D eigenvalue weighted by Gasteiger charge is 2.27. The van der Waals surface area contributed by atoms with E-state index in [-0.39, 0.29) is 10.8 Å². The fraction of sp³-hybridized carbons (Fsp3) is 1.00. The molecule has 1 rings (SSSR count). The summed E-state index contributed by atoms with van der Waals surface area (Å²) in [5.74, 6) is 0. The third-order valence-corrected chi connectivity index (χ3v) is 3.94. The van der Waals surface area contributed by atoms with Crippen molar-refractivity contribution in [3.63, 3.8) is 0 Å². The maximum absolute atomic E-state index is 12.6. The first-order valence-corrected chi connectivity index (χ1v) is 7.89. The number of hydroxylamine groups is 3. The molecule has 0 radical (unpaired) electrons. The zero-order chi connectivity index (χ0) is 13.3. The number of hydrogen-bond acceptors (Lipinski definition) is 2. The van der Waals surface area contributed by atoms with Gasteiger partial charge in [-0.05, 0) is 19.3 Å². The van der Waals surface area contributed by atoms with Crippen molar-refractivity contribution < 1.29 is 9.38 Å². The zero-order valence-corrected chi connectivity index (χ0v) is 12.3. The monoisotopic (exact) mass is 257 g/mol. The molecule has 3 heteroatoms. The van der Waals surface area contributed by atoms with E-state index in [1.54, 1.807) is 0 Å². The van der Waals surface area contributed by atoms with Crippen LogP contribution >= 0.6 is 0 Å². The van der Waals surface area contributed by atoms with E-state index in [0.717, 1.165) is 19.4 Å². The van der Waals surface area contributed by atoms with Gasteiger partial charge in [0.05, 0.1) is 13.2 Å². The third-order valence-electron chi connectivity index (χ3n) is 3.94. The summed E-state index contributed by atoms with van der Waals surface area (Å²) >= 11 is 0. The van der Waals surface area contributed by atoms with Crippen LogP contribution in [-0.2, 0) is 4.74 Å². The molecule has 2 atom stereocenters. The van der Waals surface area contributed by atoms with E-state index in [2.05, 4.69) is 13.8 Å². The van der Waals surface area contributed by atoms with Crippen molar-refractivity contribution in [3.05, 3.63) is 5.21 Å². The van der Waals surface area contributed by atoms with Gasteiger partial charge in [0.15, 0.2) is 0 Å². The first-order valence-electron chi connectivity index (χ1n) is 7.89. The largest absolute Gasteiger partial charge is 0.633 e. The molecule has 0 amide bonds. The van der Waals surface area contributed by atoms with Gasteiger partial charge in [0.25, 0.3) is 0 Å². The molecule has 18 heavy (non-hydrogen) atoms. The molecule has 1 fully saturated rings. The van der Waals surface area contributed by atoms with E-state index in [4.69, 9.17) is 4.74 Å². The lowest BCUT2D eigenvalue weighted by Gasteiger charge is -2.48. The molecule has 0 saturated carbocycles. The van der Waals surface area contributed by atoms with Crippen LogP contribution in [0.1, 0.15) is 65.2 Å². The van der Waals surface area contributed by atoms with E-state index in [1.165, 1.54) is 38.5 Å². The highest BCUT2D eigenvalue weighted by atomic mass is 16.6. The van der Waals surface area contributed by atoms with Gasteiger partial charge in [-0.25, -0.2) is 0 Å². The van der Waals surface area contributed by atoms with Gasteiger partial charge in [-0.2, -0.15) is 0 Å². The Morgan fingerprint density at radius 3 is 2.50 bits per heavy atom. The Morgan fingerprint density at radius 1 is 1.06 bits per heavy atom. The average Bonchev–Trinajstić information content (AvgIpc) is 2.35. The van der Waals surface area contributed by atoms with Gasteiger partial charge in [-0.1, -0.05) is 46.0 Å². The second-order valence-corrected chi connectivity index (χ2v) is 5.74. The fourth-order valence-electron chi connectivity index (χ4n) is 2.73. The van der Waals surface area contributed by atoms with E-state index in [0.29, 0.717) is 19.7 Å². The molecule has 0 aromatic heterocycles. The van der Waals surface area contributed by atoms with Crippen LogP contribution in [0.25, 0.3) is 0 Å².